The molecule has 2 amide bonds. The second-order valence-corrected chi connectivity index (χ2v) is 7.48. The van der Waals surface area contributed by atoms with Gasteiger partial charge >= 0.3 is 12.0 Å². The summed E-state index contributed by atoms with van der Waals surface area (Å²) in [6, 6.07) is 10.9. The maximum Gasteiger partial charge on any atom is 0.337 e. The molecule has 2 aromatic carbocycles. The van der Waals surface area contributed by atoms with Crippen LogP contribution in [0, 0.1) is 5.82 Å². The first kappa shape index (κ1) is 22.1. The van der Waals surface area contributed by atoms with Gasteiger partial charge in [0.25, 0.3) is 0 Å². The van der Waals surface area contributed by atoms with E-state index in [9.17, 15) is 14.0 Å². The number of piperazine rings is 1. The number of hydrogen-bond donors (Lipinski definition) is 0. The summed E-state index contributed by atoms with van der Waals surface area (Å²) in [6.07, 6.45) is 0. The highest BCUT2D eigenvalue weighted by Crippen LogP contribution is 2.26. The summed E-state index contributed by atoms with van der Waals surface area (Å²) in [6.45, 7) is 6.19. The first-order valence-electron chi connectivity index (χ1n) is 9.84. The van der Waals surface area contributed by atoms with Crippen molar-refractivity contribution in [3.8, 4) is 0 Å². The molecular formula is C22H25ClFN3O3. The van der Waals surface area contributed by atoms with Crippen molar-refractivity contribution in [3.63, 3.8) is 0 Å². The Hall–Kier alpha value is -2.64. The SMILES string of the molecule is CCN1CCN(C(=O)N(Cc2ccc(C(=O)OC)cc2)c2ccc(F)c(Cl)c2)CC1. The van der Waals surface area contributed by atoms with Gasteiger partial charge in [-0.25, -0.2) is 14.0 Å². The third kappa shape index (κ3) is 5.09. The van der Waals surface area contributed by atoms with E-state index in [2.05, 4.69) is 11.8 Å². The molecule has 0 aromatic heterocycles. The summed E-state index contributed by atoms with van der Waals surface area (Å²) in [5, 5.41) is -0.0397. The van der Waals surface area contributed by atoms with Crippen LogP contribution >= 0.6 is 11.6 Å². The maximum absolute atomic E-state index is 13.7. The van der Waals surface area contributed by atoms with Crippen molar-refractivity contribution < 1.29 is 18.7 Å². The van der Waals surface area contributed by atoms with Gasteiger partial charge in [0.15, 0.2) is 0 Å². The Balaban J connectivity index is 1.85. The monoisotopic (exact) mass is 433 g/mol. The van der Waals surface area contributed by atoms with Crippen LogP contribution < -0.4 is 4.90 Å². The minimum atomic E-state index is -0.535. The van der Waals surface area contributed by atoms with Crippen LogP contribution in [0.3, 0.4) is 0 Å². The quantitative estimate of drug-likeness (QED) is 0.668. The highest BCUT2D eigenvalue weighted by atomic mass is 35.5. The Labute approximate surface area is 180 Å². The van der Waals surface area contributed by atoms with Crippen molar-refractivity contribution in [1.29, 1.82) is 0 Å². The first-order valence-corrected chi connectivity index (χ1v) is 10.2. The molecule has 1 aliphatic heterocycles. The number of ether oxygens (including phenoxy) is 1. The molecule has 0 spiro atoms. The average Bonchev–Trinajstić information content (AvgIpc) is 2.79. The molecule has 0 N–H and O–H groups in total. The van der Waals surface area contributed by atoms with Crippen LogP contribution in [-0.4, -0.2) is 61.6 Å². The lowest BCUT2D eigenvalue weighted by molar-refractivity contribution is 0.0600. The molecule has 6 nitrogen and oxygen atoms in total. The van der Waals surface area contributed by atoms with Gasteiger partial charge in [-0.1, -0.05) is 30.7 Å². The maximum atomic E-state index is 13.7. The number of methoxy groups -OCH3 is 1. The fourth-order valence-electron chi connectivity index (χ4n) is 3.40. The van der Waals surface area contributed by atoms with E-state index < -0.39 is 11.8 Å². The highest BCUT2D eigenvalue weighted by molar-refractivity contribution is 6.31. The molecule has 1 fully saturated rings. The number of carbonyl (C=O) groups excluding carboxylic acids is 2. The Morgan fingerprint density at radius 1 is 1.10 bits per heavy atom. The van der Waals surface area contributed by atoms with Crippen LogP contribution in [0.5, 0.6) is 0 Å². The lowest BCUT2D eigenvalue weighted by atomic mass is 10.1. The topological polar surface area (TPSA) is 53.1 Å². The number of hydrogen-bond acceptors (Lipinski definition) is 4. The molecule has 2 aromatic rings. The molecule has 0 aliphatic carbocycles. The van der Waals surface area contributed by atoms with Gasteiger partial charge in [0.2, 0.25) is 0 Å². The fraction of sp³-hybridized carbons (Fsp3) is 0.364. The van der Waals surface area contributed by atoms with Gasteiger partial charge in [0.05, 0.1) is 24.2 Å². The van der Waals surface area contributed by atoms with Gasteiger partial charge in [0.1, 0.15) is 5.82 Å². The molecule has 3 rings (SSSR count). The number of urea groups is 1. The number of anilines is 1. The zero-order valence-electron chi connectivity index (χ0n) is 17.1. The Kier molecular flexibility index (Phi) is 7.29. The van der Waals surface area contributed by atoms with Gasteiger partial charge in [-0.2, -0.15) is 0 Å². The van der Waals surface area contributed by atoms with E-state index in [1.807, 2.05) is 0 Å². The van der Waals surface area contributed by atoms with Crippen molar-refractivity contribution in [2.75, 3.05) is 44.7 Å². The molecule has 1 heterocycles. The number of benzene rings is 2. The lowest BCUT2D eigenvalue weighted by Gasteiger charge is -2.37. The van der Waals surface area contributed by atoms with E-state index in [1.54, 1.807) is 40.1 Å². The number of halogens is 2. The third-order valence-electron chi connectivity index (χ3n) is 5.25. The zero-order chi connectivity index (χ0) is 21.7. The van der Waals surface area contributed by atoms with E-state index >= 15 is 0 Å². The van der Waals surface area contributed by atoms with Gasteiger partial charge in [-0.3, -0.25) is 4.90 Å². The molecule has 8 heteroatoms. The summed E-state index contributed by atoms with van der Waals surface area (Å²) >= 11 is 5.98. The number of rotatable bonds is 5. The molecule has 0 unspecified atom stereocenters. The van der Waals surface area contributed by atoms with Crippen molar-refractivity contribution in [1.82, 2.24) is 9.80 Å². The molecule has 0 bridgehead atoms. The van der Waals surface area contributed by atoms with E-state index in [0.29, 0.717) is 24.3 Å². The summed E-state index contributed by atoms with van der Waals surface area (Å²) in [5.74, 6) is -0.958. The van der Waals surface area contributed by atoms with E-state index in [4.69, 9.17) is 16.3 Å². The number of nitrogens with zero attached hydrogens (tertiary/aromatic N) is 3. The minimum absolute atomic E-state index is 0.0397. The number of amides is 2. The lowest BCUT2D eigenvalue weighted by Crippen LogP contribution is -2.52. The molecule has 0 saturated carbocycles. The second kappa shape index (κ2) is 9.91. The third-order valence-corrected chi connectivity index (χ3v) is 5.54. The molecule has 1 aliphatic rings. The Bertz CT molecular complexity index is 899. The van der Waals surface area contributed by atoms with Crippen molar-refractivity contribution in [3.05, 3.63) is 64.4 Å². The average molecular weight is 434 g/mol. The van der Waals surface area contributed by atoms with E-state index in [0.717, 1.165) is 25.2 Å². The van der Waals surface area contributed by atoms with Crippen LogP contribution in [0.1, 0.15) is 22.8 Å². The van der Waals surface area contributed by atoms with E-state index in [-0.39, 0.29) is 17.6 Å². The normalized spacial score (nSPS) is 14.5. The van der Waals surface area contributed by atoms with Crippen LogP contribution in [0.4, 0.5) is 14.9 Å². The minimum Gasteiger partial charge on any atom is -0.465 e. The highest BCUT2D eigenvalue weighted by Gasteiger charge is 2.26. The van der Waals surface area contributed by atoms with Gasteiger partial charge in [-0.15, -0.1) is 0 Å². The predicted octanol–water partition coefficient (Wildman–Crippen LogP) is 4.03. The van der Waals surface area contributed by atoms with Gasteiger partial charge < -0.3 is 14.5 Å². The zero-order valence-corrected chi connectivity index (χ0v) is 17.9. The second-order valence-electron chi connectivity index (χ2n) is 7.08. The molecule has 30 heavy (non-hydrogen) atoms. The van der Waals surface area contributed by atoms with E-state index in [1.165, 1.54) is 19.2 Å². The first-order chi connectivity index (χ1) is 14.4. The fourth-order valence-corrected chi connectivity index (χ4v) is 3.57. The number of esters is 1. The summed E-state index contributed by atoms with van der Waals surface area (Å²) in [7, 11) is 1.33. The summed E-state index contributed by atoms with van der Waals surface area (Å²) in [4.78, 5) is 30.7. The number of likely N-dealkylation sites (N-methyl/N-ethyl adjacent to an activating group) is 1. The predicted molar refractivity (Wildman–Crippen MR) is 114 cm³/mol. The molecule has 160 valence electrons. The van der Waals surface area contributed by atoms with Gasteiger partial charge in [-0.05, 0) is 42.4 Å². The van der Waals surface area contributed by atoms with Crippen LogP contribution in [0.25, 0.3) is 0 Å². The molecule has 1 saturated heterocycles. The van der Waals surface area contributed by atoms with Gasteiger partial charge in [0, 0.05) is 31.9 Å². The Morgan fingerprint density at radius 2 is 1.77 bits per heavy atom. The van der Waals surface area contributed by atoms with Crippen molar-refractivity contribution in [2.24, 2.45) is 0 Å². The summed E-state index contributed by atoms with van der Waals surface area (Å²) in [5.41, 5.74) is 1.77. The smallest absolute Gasteiger partial charge is 0.337 e. The van der Waals surface area contributed by atoms with Crippen molar-refractivity contribution in [2.45, 2.75) is 13.5 Å². The Morgan fingerprint density at radius 3 is 2.33 bits per heavy atom. The van der Waals surface area contributed by atoms with Crippen LogP contribution in [-0.2, 0) is 11.3 Å². The largest absolute Gasteiger partial charge is 0.465 e. The van der Waals surface area contributed by atoms with Crippen molar-refractivity contribution >= 4 is 29.3 Å². The summed E-state index contributed by atoms with van der Waals surface area (Å²) < 4.78 is 18.4. The molecule has 0 radical (unpaired) electrons. The molecule has 0 atom stereocenters. The molecular weight excluding hydrogens is 409 g/mol. The number of carbonyl (C=O) groups is 2. The standard InChI is InChI=1S/C22H25ClFN3O3/c1-3-25-10-12-26(13-11-25)22(29)27(18-8-9-20(24)19(23)14-18)15-16-4-6-17(7-5-16)21(28)30-2/h4-9,14H,3,10-13,15H2,1-2H3. The van der Waals surface area contributed by atoms with Crippen LogP contribution in [0.2, 0.25) is 5.02 Å². The van der Waals surface area contributed by atoms with Crippen LogP contribution in [0.15, 0.2) is 42.5 Å².